The minimum atomic E-state index is 0.621. The first-order valence-electron chi connectivity index (χ1n) is 10.4. The van der Waals surface area contributed by atoms with E-state index < -0.39 is 0 Å². The van der Waals surface area contributed by atoms with E-state index in [4.69, 9.17) is 0 Å². The fourth-order valence-electron chi connectivity index (χ4n) is 4.42. The second-order valence-electron chi connectivity index (χ2n) is 7.70. The van der Waals surface area contributed by atoms with Gasteiger partial charge in [0.1, 0.15) is 12.1 Å². The Morgan fingerprint density at radius 1 is 1.15 bits per heavy atom. The van der Waals surface area contributed by atoms with Crippen LogP contribution in [-0.4, -0.2) is 48.7 Å². The third-order valence-electron chi connectivity index (χ3n) is 5.88. The van der Waals surface area contributed by atoms with Gasteiger partial charge in [-0.2, -0.15) is 0 Å². The Morgan fingerprint density at radius 2 is 2.00 bits per heavy atom. The van der Waals surface area contributed by atoms with Crippen LogP contribution in [-0.2, 0) is 12.8 Å². The molecule has 1 aromatic heterocycles. The number of aromatic nitrogens is 2. The molecule has 0 bridgehead atoms. The molecule has 0 atom stereocenters. The summed E-state index contributed by atoms with van der Waals surface area (Å²) in [6.45, 7) is 7.70. The number of hydrogen-bond donors (Lipinski definition) is 1. The molecule has 0 aliphatic carbocycles. The van der Waals surface area contributed by atoms with Gasteiger partial charge < -0.3 is 15.1 Å². The van der Waals surface area contributed by atoms with E-state index in [9.17, 15) is 0 Å². The highest BCUT2D eigenvalue weighted by Gasteiger charge is 2.22. The minimum Gasteiger partial charge on any atom is -0.370 e. The topological polar surface area (TPSA) is 44.3 Å². The molecule has 0 amide bonds. The average Bonchev–Trinajstić information content (AvgIpc) is 3.13. The summed E-state index contributed by atoms with van der Waals surface area (Å²) in [7, 11) is 0. The van der Waals surface area contributed by atoms with Gasteiger partial charge in [-0.15, -0.1) is 0 Å². The molecule has 1 N–H and O–H groups in total. The summed E-state index contributed by atoms with van der Waals surface area (Å²) in [5, 5.41) is 3.79. The highest BCUT2D eigenvalue weighted by atomic mass is 15.2. The molecule has 4 rings (SSSR count). The first-order chi connectivity index (χ1) is 13.3. The molecule has 5 nitrogen and oxygen atoms in total. The molecule has 1 aromatic carbocycles. The summed E-state index contributed by atoms with van der Waals surface area (Å²) in [5.41, 5.74) is 4.22. The number of nitrogens with one attached hydrogen (secondary N) is 1. The van der Waals surface area contributed by atoms with Crippen molar-refractivity contribution in [3.63, 3.8) is 0 Å². The lowest BCUT2D eigenvalue weighted by Gasteiger charge is -2.34. The van der Waals surface area contributed by atoms with Gasteiger partial charge in [0.25, 0.3) is 0 Å². The zero-order valence-corrected chi connectivity index (χ0v) is 16.4. The molecule has 0 unspecified atom stereocenters. The maximum absolute atomic E-state index is 4.57. The Bertz CT molecular complexity index is 739. The van der Waals surface area contributed by atoms with E-state index in [1.54, 1.807) is 6.33 Å². The normalized spacial score (nSPS) is 17.4. The lowest BCUT2D eigenvalue weighted by molar-refractivity contribution is 0.416. The molecule has 2 aromatic rings. The summed E-state index contributed by atoms with van der Waals surface area (Å²) >= 11 is 0. The third kappa shape index (κ3) is 4.24. The van der Waals surface area contributed by atoms with E-state index in [1.807, 2.05) is 6.20 Å². The molecule has 1 saturated heterocycles. The average molecular weight is 366 g/mol. The number of benzene rings is 1. The van der Waals surface area contributed by atoms with Crippen molar-refractivity contribution in [1.82, 2.24) is 15.3 Å². The van der Waals surface area contributed by atoms with E-state index >= 15 is 0 Å². The maximum Gasteiger partial charge on any atom is 0.135 e. The van der Waals surface area contributed by atoms with Crippen LogP contribution in [0.4, 0.5) is 11.5 Å². The number of fused-ring (bicyclic) bond motifs is 1. The smallest absolute Gasteiger partial charge is 0.135 e. The number of anilines is 2. The van der Waals surface area contributed by atoms with E-state index in [-0.39, 0.29) is 0 Å². The largest absolute Gasteiger partial charge is 0.370 e. The maximum atomic E-state index is 4.57. The monoisotopic (exact) mass is 365 g/mol. The van der Waals surface area contributed by atoms with Crippen LogP contribution in [0.1, 0.15) is 37.3 Å². The SMILES string of the molecule is CCCc1cncnc1N1CCC(NCCN2CCc3ccccc32)CC1. The molecule has 0 saturated carbocycles. The second-order valence-corrected chi connectivity index (χ2v) is 7.70. The van der Waals surface area contributed by atoms with Crippen LogP contribution in [0.3, 0.4) is 0 Å². The van der Waals surface area contributed by atoms with E-state index in [2.05, 4.69) is 56.3 Å². The molecule has 27 heavy (non-hydrogen) atoms. The van der Waals surface area contributed by atoms with Crippen molar-refractivity contribution in [1.29, 1.82) is 0 Å². The number of piperidine rings is 1. The molecular weight excluding hydrogens is 334 g/mol. The number of nitrogens with zero attached hydrogens (tertiary/aromatic N) is 4. The summed E-state index contributed by atoms with van der Waals surface area (Å²) in [6, 6.07) is 9.45. The Kier molecular flexibility index (Phi) is 5.87. The Hall–Kier alpha value is -2.14. The number of para-hydroxylation sites is 1. The first kappa shape index (κ1) is 18.2. The van der Waals surface area contributed by atoms with Crippen molar-refractivity contribution in [2.45, 2.75) is 45.1 Å². The van der Waals surface area contributed by atoms with Crippen LogP contribution < -0.4 is 15.1 Å². The standard InChI is InChI=1S/C22H31N5/c1-2-5-19-16-23-17-25-22(19)27-13-9-20(10-14-27)24-11-15-26-12-8-18-6-3-4-7-21(18)26/h3-4,6-7,16-17,20,24H,2,5,8-15H2,1H3. The molecular formula is C22H31N5. The third-order valence-corrected chi connectivity index (χ3v) is 5.88. The highest BCUT2D eigenvalue weighted by Crippen LogP contribution is 2.27. The molecule has 0 radical (unpaired) electrons. The van der Waals surface area contributed by atoms with Crippen LogP contribution in [0.25, 0.3) is 0 Å². The molecule has 3 heterocycles. The van der Waals surface area contributed by atoms with Crippen molar-refractivity contribution in [3.8, 4) is 0 Å². The van der Waals surface area contributed by atoms with Crippen molar-refractivity contribution >= 4 is 11.5 Å². The van der Waals surface area contributed by atoms with E-state index in [0.29, 0.717) is 6.04 Å². The number of hydrogen-bond acceptors (Lipinski definition) is 5. The molecule has 0 spiro atoms. The second kappa shape index (κ2) is 8.70. The summed E-state index contributed by atoms with van der Waals surface area (Å²) in [6.07, 6.45) is 9.44. The van der Waals surface area contributed by atoms with Crippen molar-refractivity contribution in [3.05, 3.63) is 47.9 Å². The quantitative estimate of drug-likeness (QED) is 0.817. The molecule has 2 aliphatic heterocycles. The molecule has 2 aliphatic rings. The van der Waals surface area contributed by atoms with Gasteiger partial charge in [0.05, 0.1) is 0 Å². The van der Waals surface area contributed by atoms with Crippen molar-refractivity contribution in [2.24, 2.45) is 0 Å². The first-order valence-corrected chi connectivity index (χ1v) is 10.4. The zero-order valence-electron chi connectivity index (χ0n) is 16.4. The van der Waals surface area contributed by atoms with E-state index in [0.717, 1.165) is 51.4 Å². The molecule has 5 heteroatoms. The Balaban J connectivity index is 1.24. The predicted octanol–water partition coefficient (Wildman–Crippen LogP) is 3.05. The van der Waals surface area contributed by atoms with Crippen LogP contribution in [0.5, 0.6) is 0 Å². The summed E-state index contributed by atoms with van der Waals surface area (Å²) in [4.78, 5) is 13.8. The lowest BCUT2D eigenvalue weighted by atomic mass is 10.0. The van der Waals surface area contributed by atoms with Gasteiger partial charge in [-0.3, -0.25) is 0 Å². The Morgan fingerprint density at radius 3 is 2.85 bits per heavy atom. The van der Waals surface area contributed by atoms with E-state index in [1.165, 1.54) is 36.1 Å². The Labute approximate surface area is 162 Å². The summed E-state index contributed by atoms with van der Waals surface area (Å²) < 4.78 is 0. The van der Waals surface area contributed by atoms with Crippen LogP contribution >= 0.6 is 0 Å². The number of rotatable bonds is 7. The van der Waals surface area contributed by atoms with Crippen molar-refractivity contribution < 1.29 is 0 Å². The minimum absolute atomic E-state index is 0.621. The van der Waals surface area contributed by atoms with Gasteiger partial charge in [0.2, 0.25) is 0 Å². The van der Waals surface area contributed by atoms with Gasteiger partial charge in [0, 0.05) is 56.2 Å². The predicted molar refractivity (Wildman–Crippen MR) is 112 cm³/mol. The molecule has 144 valence electrons. The zero-order chi connectivity index (χ0) is 18.5. The van der Waals surface area contributed by atoms with Gasteiger partial charge in [-0.1, -0.05) is 31.5 Å². The van der Waals surface area contributed by atoms with Crippen LogP contribution in [0.2, 0.25) is 0 Å². The van der Waals surface area contributed by atoms with Gasteiger partial charge in [-0.25, -0.2) is 9.97 Å². The van der Waals surface area contributed by atoms with Gasteiger partial charge in [0.15, 0.2) is 0 Å². The van der Waals surface area contributed by atoms with Crippen LogP contribution in [0, 0.1) is 0 Å². The molecule has 1 fully saturated rings. The lowest BCUT2D eigenvalue weighted by Crippen LogP contribution is -2.45. The fourth-order valence-corrected chi connectivity index (χ4v) is 4.42. The summed E-state index contributed by atoms with van der Waals surface area (Å²) in [5.74, 6) is 1.15. The number of aryl methyl sites for hydroxylation is 1. The van der Waals surface area contributed by atoms with Crippen molar-refractivity contribution in [2.75, 3.05) is 42.5 Å². The van der Waals surface area contributed by atoms with Gasteiger partial charge >= 0.3 is 0 Å². The highest BCUT2D eigenvalue weighted by molar-refractivity contribution is 5.57. The fraction of sp³-hybridized carbons (Fsp3) is 0.545. The van der Waals surface area contributed by atoms with Gasteiger partial charge in [-0.05, 0) is 37.3 Å². The van der Waals surface area contributed by atoms with Crippen LogP contribution in [0.15, 0.2) is 36.8 Å².